The number of nitrogens with zero attached hydrogens (tertiary/aromatic N) is 1. The first-order valence-electron chi connectivity index (χ1n) is 7.82. The molecule has 1 aromatic rings. The Bertz CT molecular complexity index is 495. The van der Waals surface area contributed by atoms with Crippen molar-refractivity contribution in [2.24, 2.45) is 10.7 Å². The van der Waals surface area contributed by atoms with Crippen LogP contribution in [-0.2, 0) is 0 Å². The van der Waals surface area contributed by atoms with Gasteiger partial charge in [0.15, 0.2) is 5.96 Å². The van der Waals surface area contributed by atoms with Crippen LogP contribution in [0.4, 0.5) is 5.69 Å². The largest absolute Gasteiger partial charge is 0.394 e. The molecule has 0 unspecified atom stereocenters. The van der Waals surface area contributed by atoms with Crippen LogP contribution >= 0.6 is 11.8 Å². The van der Waals surface area contributed by atoms with Crippen molar-refractivity contribution in [3.8, 4) is 0 Å². The lowest BCUT2D eigenvalue weighted by Crippen LogP contribution is -2.51. The number of thioether (sulfide) groups is 1. The van der Waals surface area contributed by atoms with Crippen LogP contribution in [-0.4, -0.2) is 42.6 Å². The third-order valence-corrected chi connectivity index (χ3v) is 4.67. The van der Waals surface area contributed by atoms with E-state index in [0.29, 0.717) is 12.5 Å². The molecule has 1 saturated carbocycles. The van der Waals surface area contributed by atoms with E-state index >= 15 is 0 Å². The zero-order valence-corrected chi connectivity index (χ0v) is 13.9. The van der Waals surface area contributed by atoms with Gasteiger partial charge in [-0.3, -0.25) is 4.99 Å². The molecular formula is C16H26N4OS. The summed E-state index contributed by atoms with van der Waals surface area (Å²) in [6.07, 6.45) is 6.55. The Morgan fingerprint density at radius 1 is 1.36 bits per heavy atom. The minimum absolute atomic E-state index is 0.0355. The van der Waals surface area contributed by atoms with Crippen molar-refractivity contribution in [2.75, 3.05) is 24.7 Å². The van der Waals surface area contributed by atoms with Crippen LogP contribution in [0.5, 0.6) is 0 Å². The summed E-state index contributed by atoms with van der Waals surface area (Å²) in [6.45, 7) is 0.409. The summed E-state index contributed by atoms with van der Waals surface area (Å²) in [6, 6.07) is 8.52. The third kappa shape index (κ3) is 4.90. The second kappa shape index (κ2) is 9.02. The van der Waals surface area contributed by atoms with Crippen LogP contribution in [0.1, 0.15) is 25.7 Å². The van der Waals surface area contributed by atoms with Crippen LogP contribution in [0.25, 0.3) is 0 Å². The molecule has 5 nitrogen and oxygen atoms in total. The zero-order chi connectivity index (χ0) is 15.8. The fraction of sp³-hybridized carbons (Fsp3) is 0.562. The van der Waals surface area contributed by atoms with Crippen LogP contribution in [0.15, 0.2) is 34.2 Å². The van der Waals surface area contributed by atoms with E-state index in [1.807, 2.05) is 18.2 Å². The van der Waals surface area contributed by atoms with Gasteiger partial charge in [0.1, 0.15) is 0 Å². The molecule has 2 atom stereocenters. The minimum atomic E-state index is 0.0355. The quantitative estimate of drug-likeness (QED) is 0.379. The number of hydrogen-bond donors (Lipinski definition) is 4. The molecule has 0 aromatic heterocycles. The normalized spacial score (nSPS) is 22.4. The van der Waals surface area contributed by atoms with Crippen molar-refractivity contribution in [2.45, 2.75) is 42.7 Å². The fourth-order valence-electron chi connectivity index (χ4n) is 2.67. The first-order chi connectivity index (χ1) is 10.7. The lowest BCUT2D eigenvalue weighted by atomic mass is 9.91. The zero-order valence-electron chi connectivity index (χ0n) is 13.1. The predicted molar refractivity (Wildman–Crippen MR) is 94.6 cm³/mol. The van der Waals surface area contributed by atoms with Gasteiger partial charge in [-0.1, -0.05) is 25.0 Å². The summed E-state index contributed by atoms with van der Waals surface area (Å²) >= 11 is 1.69. The summed E-state index contributed by atoms with van der Waals surface area (Å²) in [5.41, 5.74) is 7.22. The lowest BCUT2D eigenvalue weighted by Gasteiger charge is -2.30. The Morgan fingerprint density at radius 3 is 2.86 bits per heavy atom. The Kier molecular flexibility index (Phi) is 7.02. The second-order valence-electron chi connectivity index (χ2n) is 5.48. The molecule has 0 amide bonds. The van der Waals surface area contributed by atoms with Gasteiger partial charge in [0.2, 0.25) is 0 Å². The van der Waals surface area contributed by atoms with E-state index in [1.165, 1.54) is 12.8 Å². The number of hydrogen-bond acceptors (Lipinski definition) is 4. The molecule has 1 fully saturated rings. The highest BCUT2D eigenvalue weighted by atomic mass is 32.2. The third-order valence-electron chi connectivity index (χ3n) is 3.87. The molecule has 2 rings (SSSR count). The first kappa shape index (κ1) is 17.1. The fourth-order valence-corrected chi connectivity index (χ4v) is 3.23. The molecule has 0 heterocycles. The number of nitrogens with one attached hydrogen (secondary N) is 2. The molecule has 0 radical (unpaired) electrons. The summed E-state index contributed by atoms with van der Waals surface area (Å²) in [7, 11) is 0. The smallest absolute Gasteiger partial charge is 0.196 e. The van der Waals surface area contributed by atoms with Crippen molar-refractivity contribution in [1.82, 2.24) is 5.32 Å². The van der Waals surface area contributed by atoms with E-state index in [1.54, 1.807) is 11.8 Å². The van der Waals surface area contributed by atoms with E-state index in [-0.39, 0.29) is 18.7 Å². The van der Waals surface area contributed by atoms with Crippen LogP contribution < -0.4 is 16.4 Å². The monoisotopic (exact) mass is 322 g/mol. The Balaban J connectivity index is 2.09. The van der Waals surface area contributed by atoms with Crippen LogP contribution in [0.2, 0.25) is 0 Å². The molecule has 1 aliphatic carbocycles. The van der Waals surface area contributed by atoms with Gasteiger partial charge < -0.3 is 21.5 Å². The second-order valence-corrected chi connectivity index (χ2v) is 6.33. The number of aliphatic imine (C=N–C) groups is 1. The van der Waals surface area contributed by atoms with Crippen LogP contribution in [0, 0.1) is 0 Å². The Labute approximate surface area is 136 Å². The molecule has 0 saturated heterocycles. The molecule has 1 aromatic carbocycles. The maximum Gasteiger partial charge on any atom is 0.196 e. The molecule has 5 N–H and O–H groups in total. The highest BCUT2D eigenvalue weighted by Gasteiger charge is 2.22. The lowest BCUT2D eigenvalue weighted by molar-refractivity contribution is 0.306. The molecule has 0 spiro atoms. The van der Waals surface area contributed by atoms with Gasteiger partial charge in [0.05, 0.1) is 18.8 Å². The van der Waals surface area contributed by atoms with Gasteiger partial charge in [0.25, 0.3) is 0 Å². The van der Waals surface area contributed by atoms with E-state index in [0.717, 1.165) is 23.4 Å². The summed E-state index contributed by atoms with van der Waals surface area (Å²) in [4.78, 5) is 5.58. The van der Waals surface area contributed by atoms with Crippen molar-refractivity contribution in [3.63, 3.8) is 0 Å². The topological polar surface area (TPSA) is 82.7 Å². The number of aliphatic hydroxyl groups excluding tert-OH is 1. The maximum atomic E-state index is 9.05. The Morgan fingerprint density at radius 2 is 2.14 bits per heavy atom. The van der Waals surface area contributed by atoms with E-state index in [9.17, 15) is 0 Å². The number of benzene rings is 1. The maximum absolute atomic E-state index is 9.05. The highest BCUT2D eigenvalue weighted by Crippen LogP contribution is 2.24. The average molecular weight is 322 g/mol. The van der Waals surface area contributed by atoms with Gasteiger partial charge in [0, 0.05) is 17.0 Å². The SMILES string of the molecule is CSc1ccccc1NC(=NCCO)N[C@H]1CCCC[C@@H]1N. The van der Waals surface area contributed by atoms with Gasteiger partial charge in [-0.25, -0.2) is 0 Å². The van der Waals surface area contributed by atoms with Gasteiger partial charge >= 0.3 is 0 Å². The van der Waals surface area contributed by atoms with Crippen molar-refractivity contribution in [3.05, 3.63) is 24.3 Å². The van der Waals surface area contributed by atoms with Gasteiger partial charge in [-0.2, -0.15) is 0 Å². The van der Waals surface area contributed by atoms with Gasteiger partial charge in [-0.05, 0) is 31.2 Å². The summed E-state index contributed by atoms with van der Waals surface area (Å²) < 4.78 is 0. The Hall–Kier alpha value is -1.24. The van der Waals surface area contributed by atoms with Crippen molar-refractivity contribution < 1.29 is 5.11 Å². The molecule has 122 valence electrons. The highest BCUT2D eigenvalue weighted by molar-refractivity contribution is 7.98. The average Bonchev–Trinajstić information content (AvgIpc) is 2.55. The van der Waals surface area contributed by atoms with E-state index in [4.69, 9.17) is 10.8 Å². The molecule has 22 heavy (non-hydrogen) atoms. The standard InChI is InChI=1S/C16H26N4OS/c1-22-15-9-5-4-8-14(15)20-16(18-10-11-21)19-13-7-3-2-6-12(13)17/h4-5,8-9,12-13,21H,2-3,6-7,10-11,17H2,1H3,(H2,18,19,20)/t12-,13-/m0/s1. The van der Waals surface area contributed by atoms with Crippen molar-refractivity contribution >= 4 is 23.4 Å². The predicted octanol–water partition coefficient (Wildman–Crippen LogP) is 2.03. The number of anilines is 1. The minimum Gasteiger partial charge on any atom is -0.394 e. The molecule has 6 heteroatoms. The molecular weight excluding hydrogens is 296 g/mol. The summed E-state index contributed by atoms with van der Waals surface area (Å²) in [5.74, 6) is 0.693. The first-order valence-corrected chi connectivity index (χ1v) is 9.04. The van der Waals surface area contributed by atoms with Crippen LogP contribution in [0.3, 0.4) is 0 Å². The van der Waals surface area contributed by atoms with E-state index in [2.05, 4.69) is 27.9 Å². The van der Waals surface area contributed by atoms with E-state index < -0.39 is 0 Å². The van der Waals surface area contributed by atoms with Gasteiger partial charge in [-0.15, -0.1) is 11.8 Å². The van der Waals surface area contributed by atoms with Crippen molar-refractivity contribution in [1.29, 1.82) is 0 Å². The molecule has 1 aliphatic rings. The molecule has 0 aliphatic heterocycles. The molecule has 0 bridgehead atoms. The number of rotatable bonds is 5. The number of para-hydroxylation sites is 1. The number of guanidine groups is 1. The summed E-state index contributed by atoms with van der Waals surface area (Å²) in [5, 5.41) is 15.8. The number of nitrogens with two attached hydrogens (primary N) is 1. The number of aliphatic hydroxyl groups is 1.